The number of aromatic nitrogens is 3. The zero-order chi connectivity index (χ0) is 14.7. The van der Waals surface area contributed by atoms with Crippen LogP contribution >= 0.6 is 0 Å². The molecule has 112 valence electrons. The standard InChI is InChI=1S/C16H22N4O/c1-3-8-17-15-7-4-12-9-13(5-6-14(12)15)21-10-16-18-11-19-20(16)2/h5-6,9,11,15,17H,3-4,7-8,10H2,1-2H3. The van der Waals surface area contributed by atoms with E-state index in [4.69, 9.17) is 4.74 Å². The summed E-state index contributed by atoms with van der Waals surface area (Å²) in [6.45, 7) is 3.73. The minimum absolute atomic E-state index is 0.451. The highest BCUT2D eigenvalue weighted by molar-refractivity contribution is 5.40. The first kappa shape index (κ1) is 14.1. The fraction of sp³-hybridized carbons (Fsp3) is 0.500. The van der Waals surface area contributed by atoms with Crippen LogP contribution in [0.25, 0.3) is 0 Å². The average Bonchev–Trinajstić information content (AvgIpc) is 3.09. The molecule has 1 aliphatic carbocycles. The monoisotopic (exact) mass is 286 g/mol. The number of hydrogen-bond donors (Lipinski definition) is 1. The predicted octanol–water partition coefficient (Wildman–Crippen LogP) is 2.38. The van der Waals surface area contributed by atoms with Crippen LogP contribution in [-0.2, 0) is 20.1 Å². The Kier molecular flexibility index (Phi) is 4.20. The molecule has 5 heteroatoms. The Balaban J connectivity index is 1.65. The number of ether oxygens (including phenoxy) is 1. The molecule has 0 amide bonds. The van der Waals surface area contributed by atoms with Crippen LogP contribution in [-0.4, -0.2) is 21.3 Å². The topological polar surface area (TPSA) is 52.0 Å². The Hall–Kier alpha value is -1.88. The SMILES string of the molecule is CCCNC1CCc2cc(OCc3ncnn3C)ccc21. The Morgan fingerprint density at radius 2 is 2.33 bits per heavy atom. The van der Waals surface area contributed by atoms with E-state index in [2.05, 4.69) is 40.5 Å². The van der Waals surface area contributed by atoms with Gasteiger partial charge in [-0.3, -0.25) is 4.68 Å². The van der Waals surface area contributed by atoms with Gasteiger partial charge in [-0.15, -0.1) is 0 Å². The molecule has 1 unspecified atom stereocenters. The maximum atomic E-state index is 5.83. The van der Waals surface area contributed by atoms with Crippen LogP contribution in [0.4, 0.5) is 0 Å². The Morgan fingerprint density at radius 1 is 1.43 bits per heavy atom. The molecule has 0 saturated heterocycles. The number of hydrogen-bond acceptors (Lipinski definition) is 4. The molecule has 0 aliphatic heterocycles. The van der Waals surface area contributed by atoms with Gasteiger partial charge in [0.05, 0.1) is 0 Å². The molecule has 0 radical (unpaired) electrons. The van der Waals surface area contributed by atoms with Crippen molar-refractivity contribution in [3.05, 3.63) is 41.5 Å². The summed E-state index contributed by atoms with van der Waals surface area (Å²) in [6.07, 6.45) is 5.02. The summed E-state index contributed by atoms with van der Waals surface area (Å²) in [4.78, 5) is 4.17. The second kappa shape index (κ2) is 6.26. The largest absolute Gasteiger partial charge is 0.486 e. The summed E-state index contributed by atoms with van der Waals surface area (Å²) in [5.41, 5.74) is 2.83. The van der Waals surface area contributed by atoms with Gasteiger partial charge in [0.15, 0.2) is 5.82 Å². The van der Waals surface area contributed by atoms with Crippen molar-refractivity contribution in [3.8, 4) is 5.75 Å². The van der Waals surface area contributed by atoms with E-state index >= 15 is 0 Å². The van der Waals surface area contributed by atoms with Gasteiger partial charge in [-0.05, 0) is 49.1 Å². The number of nitrogens with one attached hydrogen (secondary N) is 1. The molecule has 1 heterocycles. The van der Waals surface area contributed by atoms with Gasteiger partial charge in [-0.2, -0.15) is 5.10 Å². The average molecular weight is 286 g/mol. The van der Waals surface area contributed by atoms with Gasteiger partial charge in [0, 0.05) is 13.1 Å². The Bertz CT molecular complexity index is 608. The van der Waals surface area contributed by atoms with Crippen molar-refractivity contribution < 1.29 is 4.74 Å². The lowest BCUT2D eigenvalue weighted by molar-refractivity contribution is 0.289. The van der Waals surface area contributed by atoms with E-state index in [1.165, 1.54) is 24.0 Å². The summed E-state index contributed by atoms with van der Waals surface area (Å²) < 4.78 is 7.56. The van der Waals surface area contributed by atoms with Crippen molar-refractivity contribution in [3.63, 3.8) is 0 Å². The van der Waals surface area contributed by atoms with Gasteiger partial charge in [-0.25, -0.2) is 4.98 Å². The second-order valence-electron chi connectivity index (χ2n) is 5.49. The van der Waals surface area contributed by atoms with Crippen LogP contribution < -0.4 is 10.1 Å². The van der Waals surface area contributed by atoms with Gasteiger partial charge < -0.3 is 10.1 Å². The lowest BCUT2D eigenvalue weighted by atomic mass is 10.1. The first-order chi connectivity index (χ1) is 10.3. The molecule has 1 aromatic heterocycles. The molecule has 21 heavy (non-hydrogen) atoms. The van der Waals surface area contributed by atoms with Gasteiger partial charge in [0.1, 0.15) is 18.7 Å². The van der Waals surface area contributed by atoms with Crippen LogP contribution in [0.2, 0.25) is 0 Å². The van der Waals surface area contributed by atoms with Crippen molar-refractivity contribution in [2.24, 2.45) is 7.05 Å². The van der Waals surface area contributed by atoms with Gasteiger partial charge in [-0.1, -0.05) is 13.0 Å². The number of rotatable bonds is 6. The number of aryl methyl sites for hydroxylation is 2. The molecule has 0 bridgehead atoms. The third kappa shape index (κ3) is 3.08. The fourth-order valence-corrected chi connectivity index (χ4v) is 2.81. The van der Waals surface area contributed by atoms with Gasteiger partial charge >= 0.3 is 0 Å². The molecule has 3 rings (SSSR count). The molecule has 0 fully saturated rings. The van der Waals surface area contributed by atoms with Crippen molar-refractivity contribution in [2.45, 2.75) is 38.8 Å². The van der Waals surface area contributed by atoms with E-state index in [-0.39, 0.29) is 0 Å². The normalized spacial score (nSPS) is 17.0. The van der Waals surface area contributed by atoms with Crippen LogP contribution in [0.15, 0.2) is 24.5 Å². The molecular formula is C16H22N4O. The van der Waals surface area contributed by atoms with E-state index in [0.717, 1.165) is 24.5 Å². The molecule has 2 aromatic rings. The summed E-state index contributed by atoms with van der Waals surface area (Å²) in [7, 11) is 1.87. The van der Waals surface area contributed by atoms with E-state index in [0.29, 0.717) is 12.6 Å². The summed E-state index contributed by atoms with van der Waals surface area (Å²) in [5, 5.41) is 7.65. The van der Waals surface area contributed by atoms with E-state index in [1.807, 2.05) is 7.05 Å². The lowest BCUT2D eigenvalue weighted by Crippen LogP contribution is -2.19. The maximum Gasteiger partial charge on any atom is 0.164 e. The molecule has 1 N–H and O–H groups in total. The minimum atomic E-state index is 0.451. The van der Waals surface area contributed by atoms with Crippen molar-refractivity contribution in [2.75, 3.05) is 6.54 Å². The molecule has 0 saturated carbocycles. The number of fused-ring (bicyclic) bond motifs is 1. The van der Waals surface area contributed by atoms with Crippen molar-refractivity contribution >= 4 is 0 Å². The fourth-order valence-electron chi connectivity index (χ4n) is 2.81. The smallest absolute Gasteiger partial charge is 0.164 e. The van der Waals surface area contributed by atoms with Crippen LogP contribution in [0.1, 0.15) is 42.8 Å². The predicted molar refractivity (Wildman–Crippen MR) is 81.1 cm³/mol. The molecule has 0 spiro atoms. The van der Waals surface area contributed by atoms with Crippen LogP contribution in [0.5, 0.6) is 5.75 Å². The molecule has 1 aliphatic rings. The quantitative estimate of drug-likeness (QED) is 0.886. The third-order valence-corrected chi connectivity index (χ3v) is 4.01. The van der Waals surface area contributed by atoms with Crippen molar-refractivity contribution in [1.82, 2.24) is 20.1 Å². The van der Waals surface area contributed by atoms with Crippen LogP contribution in [0, 0.1) is 0 Å². The highest BCUT2D eigenvalue weighted by atomic mass is 16.5. The molecule has 1 atom stereocenters. The van der Waals surface area contributed by atoms with Crippen molar-refractivity contribution in [1.29, 1.82) is 0 Å². The summed E-state index contributed by atoms with van der Waals surface area (Å²) in [6, 6.07) is 6.93. The van der Waals surface area contributed by atoms with E-state index in [9.17, 15) is 0 Å². The first-order valence-electron chi connectivity index (χ1n) is 7.60. The number of benzene rings is 1. The number of nitrogens with zero attached hydrogens (tertiary/aromatic N) is 3. The molecule has 1 aromatic carbocycles. The van der Waals surface area contributed by atoms with E-state index in [1.54, 1.807) is 11.0 Å². The van der Waals surface area contributed by atoms with Crippen LogP contribution in [0.3, 0.4) is 0 Å². The Labute approximate surface area is 125 Å². The van der Waals surface area contributed by atoms with Gasteiger partial charge in [0.2, 0.25) is 0 Å². The molecular weight excluding hydrogens is 264 g/mol. The highest BCUT2D eigenvalue weighted by Gasteiger charge is 2.22. The third-order valence-electron chi connectivity index (χ3n) is 4.01. The zero-order valence-electron chi connectivity index (χ0n) is 12.7. The van der Waals surface area contributed by atoms with E-state index < -0.39 is 0 Å². The van der Waals surface area contributed by atoms with Gasteiger partial charge in [0.25, 0.3) is 0 Å². The second-order valence-corrected chi connectivity index (χ2v) is 5.49. The highest BCUT2D eigenvalue weighted by Crippen LogP contribution is 2.33. The lowest BCUT2D eigenvalue weighted by Gasteiger charge is -2.14. The summed E-state index contributed by atoms with van der Waals surface area (Å²) >= 11 is 0. The molecule has 5 nitrogen and oxygen atoms in total. The maximum absolute atomic E-state index is 5.83. The summed E-state index contributed by atoms with van der Waals surface area (Å²) in [5.74, 6) is 1.74. The minimum Gasteiger partial charge on any atom is -0.486 e. The Morgan fingerprint density at radius 3 is 3.10 bits per heavy atom. The first-order valence-corrected chi connectivity index (χ1v) is 7.60. The zero-order valence-corrected chi connectivity index (χ0v) is 12.7.